The van der Waals surface area contributed by atoms with Gasteiger partial charge in [0.2, 0.25) is 5.78 Å². The first kappa shape index (κ1) is 26.8. The van der Waals surface area contributed by atoms with Crippen LogP contribution in [0.3, 0.4) is 0 Å². The van der Waals surface area contributed by atoms with E-state index in [1.54, 1.807) is 0 Å². The molecule has 230 valence electrons. The largest absolute Gasteiger partial charge is 0.278 e. The summed E-state index contributed by atoms with van der Waals surface area (Å²) in [7, 11) is 0. The fourth-order valence-electron chi connectivity index (χ4n) is 9.19. The van der Waals surface area contributed by atoms with Crippen LogP contribution in [0.25, 0.3) is 55.8 Å². The molecule has 11 rings (SSSR count). The molecule has 49 heavy (non-hydrogen) atoms. The summed E-state index contributed by atoms with van der Waals surface area (Å²) < 4.78 is 4.61. The zero-order valence-electron chi connectivity index (χ0n) is 26.7. The number of fused-ring (bicyclic) bond motifs is 11. The Balaban J connectivity index is 1.15. The van der Waals surface area contributed by atoms with Crippen LogP contribution >= 0.6 is 0 Å². The maximum Gasteiger partial charge on any atom is 0.220 e. The first-order valence-corrected chi connectivity index (χ1v) is 17.2. The molecule has 0 saturated heterocycles. The molecule has 2 aliphatic carbocycles. The van der Waals surface area contributed by atoms with Crippen molar-refractivity contribution >= 4 is 27.8 Å². The van der Waals surface area contributed by atoms with Crippen molar-refractivity contribution in [3.8, 4) is 27.9 Å². The van der Waals surface area contributed by atoms with Crippen LogP contribution in [0.5, 0.6) is 0 Å². The van der Waals surface area contributed by atoms with Crippen LogP contribution in [-0.4, -0.2) is 14.0 Å². The highest BCUT2D eigenvalue weighted by atomic mass is 15.2. The van der Waals surface area contributed by atoms with Crippen molar-refractivity contribution < 1.29 is 0 Å². The minimum Gasteiger partial charge on any atom is -0.278 e. The van der Waals surface area contributed by atoms with E-state index in [-0.39, 0.29) is 17.8 Å². The van der Waals surface area contributed by atoms with E-state index in [1.807, 2.05) is 0 Å². The molecule has 0 saturated carbocycles. The lowest BCUT2D eigenvalue weighted by Gasteiger charge is -2.33. The molecule has 0 fully saturated rings. The number of benzene rings is 7. The second-order valence-corrected chi connectivity index (χ2v) is 13.5. The minimum absolute atomic E-state index is 0.180. The molecule has 0 aliphatic heterocycles. The second-order valence-electron chi connectivity index (χ2n) is 13.5. The molecule has 9 aromatic rings. The van der Waals surface area contributed by atoms with Crippen molar-refractivity contribution in [2.45, 2.75) is 17.8 Å². The summed E-state index contributed by atoms with van der Waals surface area (Å²) in [6.45, 7) is 0. The van der Waals surface area contributed by atoms with Crippen LogP contribution in [0.2, 0.25) is 0 Å². The third-order valence-electron chi connectivity index (χ3n) is 11.1. The number of hydrogen-bond acceptors (Lipinski definition) is 1. The van der Waals surface area contributed by atoms with Gasteiger partial charge in [0.05, 0.1) is 22.1 Å². The van der Waals surface area contributed by atoms with E-state index in [1.165, 1.54) is 50.1 Å². The molecular formula is C46H31N3. The van der Waals surface area contributed by atoms with Crippen molar-refractivity contribution in [1.82, 2.24) is 14.0 Å². The Bertz CT molecular complexity index is 2560. The molecule has 0 amide bonds. The Morgan fingerprint density at radius 1 is 0.408 bits per heavy atom. The van der Waals surface area contributed by atoms with Gasteiger partial charge in [-0.2, -0.15) is 0 Å². The average Bonchev–Trinajstić information content (AvgIpc) is 3.89. The Labute approximate surface area is 284 Å². The predicted octanol–water partition coefficient (Wildman–Crippen LogP) is 11.1. The van der Waals surface area contributed by atoms with Crippen LogP contribution in [-0.2, 0) is 0 Å². The Kier molecular flexibility index (Phi) is 5.56. The normalized spacial score (nSPS) is 13.7. The van der Waals surface area contributed by atoms with Crippen LogP contribution in [0.15, 0.2) is 170 Å². The molecule has 0 N–H and O–H groups in total. The Morgan fingerprint density at radius 3 is 1.37 bits per heavy atom. The first-order chi connectivity index (χ1) is 24.3. The van der Waals surface area contributed by atoms with Gasteiger partial charge in [0.25, 0.3) is 0 Å². The quantitative estimate of drug-likeness (QED) is 0.191. The van der Waals surface area contributed by atoms with Gasteiger partial charge < -0.3 is 0 Å². The monoisotopic (exact) mass is 625 g/mol. The average molecular weight is 626 g/mol. The maximum atomic E-state index is 5.14. The van der Waals surface area contributed by atoms with Crippen molar-refractivity contribution in [1.29, 1.82) is 0 Å². The second kappa shape index (κ2) is 10.2. The third kappa shape index (κ3) is 3.70. The predicted molar refractivity (Wildman–Crippen MR) is 200 cm³/mol. The topological polar surface area (TPSA) is 22.2 Å². The molecule has 2 aromatic heterocycles. The van der Waals surface area contributed by atoms with E-state index < -0.39 is 0 Å². The summed E-state index contributed by atoms with van der Waals surface area (Å²) in [4.78, 5) is 5.14. The van der Waals surface area contributed by atoms with E-state index >= 15 is 0 Å². The third-order valence-corrected chi connectivity index (χ3v) is 11.1. The number of hydrogen-bond donors (Lipinski definition) is 0. The van der Waals surface area contributed by atoms with Gasteiger partial charge in [-0.05, 0) is 86.5 Å². The van der Waals surface area contributed by atoms with Crippen molar-refractivity contribution in [2.24, 2.45) is 0 Å². The summed E-state index contributed by atoms with van der Waals surface area (Å²) in [6, 6.07) is 62.7. The highest BCUT2D eigenvalue weighted by molar-refractivity contribution is 5.92. The van der Waals surface area contributed by atoms with Gasteiger partial charge in [-0.1, -0.05) is 133 Å². The summed E-state index contributed by atoms with van der Waals surface area (Å²) >= 11 is 0. The van der Waals surface area contributed by atoms with Gasteiger partial charge in [0, 0.05) is 23.4 Å². The number of rotatable bonds is 4. The zero-order valence-corrected chi connectivity index (χ0v) is 26.7. The van der Waals surface area contributed by atoms with Crippen molar-refractivity contribution in [3.63, 3.8) is 0 Å². The summed E-state index contributed by atoms with van der Waals surface area (Å²) in [5, 5.41) is 0. The van der Waals surface area contributed by atoms with Crippen LogP contribution in [0.1, 0.15) is 45.6 Å². The van der Waals surface area contributed by atoms with Gasteiger partial charge in [0.15, 0.2) is 0 Å². The number of aromatic nitrogens is 3. The highest BCUT2D eigenvalue weighted by Gasteiger charge is 2.43. The molecule has 7 aromatic carbocycles. The Hall–Kier alpha value is -6.19. The van der Waals surface area contributed by atoms with Crippen LogP contribution < -0.4 is 0 Å². The van der Waals surface area contributed by atoms with E-state index in [0.29, 0.717) is 0 Å². The standard InChI is InChI=1S/C46H31N3/c1-5-17-35-31(13-1)32-14-2-6-18-36(32)44(35)43(45-37-19-7-3-15-33(37)34-16-4-8-20-38(34)45)29-25-27-30(28-26-29)48-41-23-11-12-24-42(41)49-40-22-10-9-21-39(40)47-46(48)49/h1-28,43-45H. The van der Waals surface area contributed by atoms with Crippen molar-refractivity contribution in [3.05, 3.63) is 198 Å². The molecule has 2 heterocycles. The summed E-state index contributed by atoms with van der Waals surface area (Å²) in [5.74, 6) is 1.53. The van der Waals surface area contributed by atoms with E-state index in [2.05, 4.69) is 179 Å². The van der Waals surface area contributed by atoms with Gasteiger partial charge >= 0.3 is 0 Å². The van der Waals surface area contributed by atoms with Gasteiger partial charge in [0.1, 0.15) is 0 Å². The van der Waals surface area contributed by atoms with E-state index in [4.69, 9.17) is 4.98 Å². The van der Waals surface area contributed by atoms with Gasteiger partial charge in [-0.3, -0.25) is 8.97 Å². The summed E-state index contributed by atoms with van der Waals surface area (Å²) in [5.41, 5.74) is 18.0. The molecule has 0 radical (unpaired) electrons. The SMILES string of the molecule is c1ccc2c(c1)-c1ccccc1C2C(c1ccc(-n2c3ccccc3n3c4ccccc4nc23)cc1)C1c2ccccc2-c2ccccc21. The molecule has 0 atom stereocenters. The fraction of sp³-hybridized carbons (Fsp3) is 0.0652. The number of nitrogens with zero attached hydrogens (tertiary/aromatic N) is 3. The van der Waals surface area contributed by atoms with Gasteiger partial charge in [-0.15, -0.1) is 0 Å². The smallest absolute Gasteiger partial charge is 0.220 e. The molecule has 2 aliphatic rings. The molecular weight excluding hydrogens is 595 g/mol. The molecule has 0 bridgehead atoms. The summed E-state index contributed by atoms with van der Waals surface area (Å²) in [6.07, 6.45) is 0. The Morgan fingerprint density at radius 2 is 0.837 bits per heavy atom. The molecule has 0 spiro atoms. The maximum absolute atomic E-state index is 5.14. The molecule has 0 unspecified atom stereocenters. The zero-order chi connectivity index (χ0) is 32.1. The van der Waals surface area contributed by atoms with Gasteiger partial charge in [-0.25, -0.2) is 4.98 Å². The minimum atomic E-state index is 0.180. The lowest BCUT2D eigenvalue weighted by Crippen LogP contribution is -2.19. The van der Waals surface area contributed by atoms with Crippen molar-refractivity contribution in [2.75, 3.05) is 0 Å². The number of para-hydroxylation sites is 4. The van der Waals surface area contributed by atoms with E-state index in [0.717, 1.165) is 33.5 Å². The van der Waals surface area contributed by atoms with E-state index in [9.17, 15) is 0 Å². The van der Waals surface area contributed by atoms with Crippen LogP contribution in [0, 0.1) is 0 Å². The van der Waals surface area contributed by atoms with Crippen LogP contribution in [0.4, 0.5) is 0 Å². The first-order valence-electron chi connectivity index (χ1n) is 17.2. The lowest BCUT2D eigenvalue weighted by atomic mass is 9.69. The highest BCUT2D eigenvalue weighted by Crippen LogP contribution is 2.60. The number of imidazole rings is 2. The lowest BCUT2D eigenvalue weighted by molar-refractivity contribution is 0.554. The molecule has 3 heteroatoms. The fourth-order valence-corrected chi connectivity index (χ4v) is 9.19. The molecule has 3 nitrogen and oxygen atoms in total.